The van der Waals surface area contributed by atoms with E-state index in [2.05, 4.69) is 10.3 Å². The number of amides is 2. The maximum Gasteiger partial charge on any atom is 0.226 e. The van der Waals surface area contributed by atoms with Gasteiger partial charge in [0.2, 0.25) is 11.8 Å². The van der Waals surface area contributed by atoms with Gasteiger partial charge in [0.15, 0.2) is 5.78 Å². The van der Waals surface area contributed by atoms with E-state index in [0.29, 0.717) is 24.3 Å². The van der Waals surface area contributed by atoms with Crippen molar-refractivity contribution in [2.45, 2.75) is 26.8 Å². The Labute approximate surface area is 146 Å². The van der Waals surface area contributed by atoms with E-state index in [1.165, 1.54) is 13.8 Å². The van der Waals surface area contributed by atoms with Crippen molar-refractivity contribution in [1.82, 2.24) is 9.88 Å². The largest absolute Gasteiger partial charge is 0.337 e. The van der Waals surface area contributed by atoms with Gasteiger partial charge in [-0.15, -0.1) is 0 Å². The maximum atomic E-state index is 12.1. The Morgan fingerprint density at radius 2 is 1.88 bits per heavy atom. The third-order valence-electron chi connectivity index (χ3n) is 3.69. The summed E-state index contributed by atoms with van der Waals surface area (Å²) in [6.45, 7) is 3.61. The molecule has 1 N–H and O–H groups in total. The molecule has 1 aromatic heterocycles. The van der Waals surface area contributed by atoms with Gasteiger partial charge in [-0.05, 0) is 31.2 Å². The van der Waals surface area contributed by atoms with Crippen LogP contribution in [0.4, 0.5) is 5.69 Å². The van der Waals surface area contributed by atoms with Crippen LogP contribution in [0.15, 0.2) is 48.7 Å². The van der Waals surface area contributed by atoms with Crippen LogP contribution in [0.5, 0.6) is 0 Å². The first kappa shape index (κ1) is 18.3. The molecule has 0 bridgehead atoms. The number of aromatic nitrogens is 1. The van der Waals surface area contributed by atoms with Crippen molar-refractivity contribution >= 4 is 23.3 Å². The number of hydrogen-bond acceptors (Lipinski definition) is 4. The van der Waals surface area contributed by atoms with Gasteiger partial charge in [0, 0.05) is 37.3 Å². The van der Waals surface area contributed by atoms with Crippen LogP contribution in [0.25, 0.3) is 0 Å². The highest BCUT2D eigenvalue weighted by Crippen LogP contribution is 2.12. The number of pyridine rings is 1. The molecule has 0 aliphatic rings. The van der Waals surface area contributed by atoms with Gasteiger partial charge in [0.25, 0.3) is 0 Å². The van der Waals surface area contributed by atoms with E-state index in [1.807, 2.05) is 18.2 Å². The number of ketones is 1. The highest BCUT2D eigenvalue weighted by Gasteiger charge is 2.13. The zero-order valence-electron chi connectivity index (χ0n) is 14.4. The van der Waals surface area contributed by atoms with E-state index in [1.54, 1.807) is 35.4 Å². The molecule has 0 unspecified atom stereocenters. The fourth-order valence-electron chi connectivity index (χ4n) is 2.31. The Balaban J connectivity index is 1.91. The predicted molar refractivity (Wildman–Crippen MR) is 95.0 cm³/mol. The summed E-state index contributed by atoms with van der Waals surface area (Å²) in [5, 5.41) is 2.75. The fraction of sp³-hybridized carbons (Fsp3) is 0.263. The maximum absolute atomic E-state index is 12.1. The average molecular weight is 339 g/mol. The zero-order chi connectivity index (χ0) is 18.2. The lowest BCUT2D eigenvalue weighted by Gasteiger charge is -2.20. The van der Waals surface area contributed by atoms with E-state index >= 15 is 0 Å². The molecule has 2 aromatic rings. The monoisotopic (exact) mass is 339 g/mol. The van der Waals surface area contributed by atoms with Crippen LogP contribution >= 0.6 is 0 Å². The van der Waals surface area contributed by atoms with Gasteiger partial charge in [-0.2, -0.15) is 0 Å². The number of hydrogen-bond donors (Lipinski definition) is 1. The molecule has 6 heteroatoms. The number of benzene rings is 1. The van der Waals surface area contributed by atoms with E-state index in [4.69, 9.17) is 0 Å². The fourth-order valence-corrected chi connectivity index (χ4v) is 2.31. The second-order valence-electron chi connectivity index (χ2n) is 5.70. The lowest BCUT2D eigenvalue weighted by Crippen LogP contribution is -2.31. The van der Waals surface area contributed by atoms with E-state index in [-0.39, 0.29) is 24.0 Å². The molecule has 0 aliphatic heterocycles. The molecule has 0 fully saturated rings. The summed E-state index contributed by atoms with van der Waals surface area (Å²) in [5.41, 5.74) is 1.88. The number of anilines is 1. The minimum Gasteiger partial charge on any atom is -0.337 e. The van der Waals surface area contributed by atoms with Crippen LogP contribution < -0.4 is 5.32 Å². The number of carbonyl (C=O) groups excluding carboxylic acids is 3. The van der Waals surface area contributed by atoms with Gasteiger partial charge in [0.1, 0.15) is 0 Å². The highest BCUT2D eigenvalue weighted by molar-refractivity contribution is 5.97. The molecule has 0 saturated heterocycles. The van der Waals surface area contributed by atoms with Crippen LogP contribution in [-0.2, 0) is 16.1 Å². The molecule has 2 amide bonds. The van der Waals surface area contributed by atoms with Crippen molar-refractivity contribution in [1.29, 1.82) is 0 Å². The first-order valence-electron chi connectivity index (χ1n) is 8.02. The van der Waals surface area contributed by atoms with Crippen molar-refractivity contribution in [3.05, 3.63) is 59.9 Å². The summed E-state index contributed by atoms with van der Waals surface area (Å²) >= 11 is 0. The molecule has 0 spiro atoms. The van der Waals surface area contributed by atoms with Crippen LogP contribution in [0.3, 0.4) is 0 Å². The van der Waals surface area contributed by atoms with Gasteiger partial charge in [-0.1, -0.05) is 18.2 Å². The lowest BCUT2D eigenvalue weighted by atomic mass is 10.1. The summed E-state index contributed by atoms with van der Waals surface area (Å²) in [5.74, 6) is -0.390. The molecule has 25 heavy (non-hydrogen) atoms. The van der Waals surface area contributed by atoms with Gasteiger partial charge >= 0.3 is 0 Å². The summed E-state index contributed by atoms with van der Waals surface area (Å²) in [6.07, 6.45) is 1.83. The molecule has 0 aliphatic carbocycles. The van der Waals surface area contributed by atoms with Crippen LogP contribution in [0.2, 0.25) is 0 Å². The number of carbonyl (C=O) groups is 3. The van der Waals surface area contributed by atoms with E-state index < -0.39 is 0 Å². The summed E-state index contributed by atoms with van der Waals surface area (Å²) in [6, 6.07) is 12.3. The molecule has 0 radical (unpaired) electrons. The molecule has 130 valence electrons. The quantitative estimate of drug-likeness (QED) is 0.787. The Kier molecular flexibility index (Phi) is 6.39. The first-order valence-corrected chi connectivity index (χ1v) is 8.02. The van der Waals surface area contributed by atoms with Crippen molar-refractivity contribution < 1.29 is 14.4 Å². The average Bonchev–Trinajstić information content (AvgIpc) is 2.59. The van der Waals surface area contributed by atoms with Crippen LogP contribution in [0, 0.1) is 0 Å². The first-order chi connectivity index (χ1) is 12.0. The Morgan fingerprint density at radius 1 is 1.08 bits per heavy atom. The van der Waals surface area contributed by atoms with Crippen molar-refractivity contribution in [3.63, 3.8) is 0 Å². The van der Waals surface area contributed by atoms with Gasteiger partial charge in [-0.3, -0.25) is 19.4 Å². The lowest BCUT2D eigenvalue weighted by molar-refractivity contribution is -0.130. The molecular weight excluding hydrogens is 318 g/mol. The second-order valence-corrected chi connectivity index (χ2v) is 5.70. The van der Waals surface area contributed by atoms with E-state index in [0.717, 1.165) is 5.69 Å². The number of rotatable bonds is 7. The molecule has 0 saturated carbocycles. The van der Waals surface area contributed by atoms with Crippen LogP contribution in [0.1, 0.15) is 36.3 Å². The standard InChI is InChI=1S/C19H21N3O3/c1-14(23)16-6-5-8-17(12-16)21-19(25)9-11-22(15(2)24)13-18-7-3-4-10-20-18/h3-8,10,12H,9,11,13H2,1-2H3,(H,21,25). The van der Waals surface area contributed by atoms with Crippen molar-refractivity contribution in [2.24, 2.45) is 0 Å². The number of Topliss-reactive ketones (excluding diaryl/α,β-unsaturated/α-hetero) is 1. The topological polar surface area (TPSA) is 79.4 Å². The zero-order valence-corrected chi connectivity index (χ0v) is 14.4. The van der Waals surface area contributed by atoms with Gasteiger partial charge in [-0.25, -0.2) is 0 Å². The Hall–Kier alpha value is -3.02. The van der Waals surface area contributed by atoms with Gasteiger partial charge in [0.05, 0.1) is 12.2 Å². The smallest absolute Gasteiger partial charge is 0.226 e. The summed E-state index contributed by atoms with van der Waals surface area (Å²) < 4.78 is 0. The summed E-state index contributed by atoms with van der Waals surface area (Å²) in [7, 11) is 0. The van der Waals surface area contributed by atoms with Crippen molar-refractivity contribution in [3.8, 4) is 0 Å². The number of nitrogens with zero attached hydrogens (tertiary/aromatic N) is 2. The second kappa shape index (κ2) is 8.73. The normalized spacial score (nSPS) is 10.2. The minimum absolute atomic E-state index is 0.0609. The number of nitrogens with one attached hydrogen (secondary N) is 1. The molecule has 1 aromatic carbocycles. The molecule has 0 atom stereocenters. The molecular formula is C19H21N3O3. The van der Waals surface area contributed by atoms with Gasteiger partial charge < -0.3 is 10.2 Å². The Morgan fingerprint density at radius 3 is 2.52 bits per heavy atom. The van der Waals surface area contributed by atoms with Crippen LogP contribution in [-0.4, -0.2) is 34.0 Å². The molecule has 1 heterocycles. The molecule has 2 rings (SSSR count). The molecule has 6 nitrogen and oxygen atoms in total. The summed E-state index contributed by atoms with van der Waals surface area (Å²) in [4.78, 5) is 41.0. The predicted octanol–water partition coefficient (Wildman–Crippen LogP) is 2.66. The highest BCUT2D eigenvalue weighted by atomic mass is 16.2. The van der Waals surface area contributed by atoms with Crippen molar-refractivity contribution in [2.75, 3.05) is 11.9 Å². The Bertz CT molecular complexity index is 760. The van der Waals surface area contributed by atoms with E-state index in [9.17, 15) is 14.4 Å². The third kappa shape index (κ3) is 5.84. The minimum atomic E-state index is -0.215. The SMILES string of the molecule is CC(=O)c1cccc(NC(=O)CCN(Cc2ccccn2)C(C)=O)c1. The third-order valence-corrected chi connectivity index (χ3v) is 3.69.